The average molecular weight is 296 g/mol. The monoisotopic (exact) mass is 296 g/mol. The van der Waals surface area contributed by atoms with E-state index in [-0.39, 0.29) is 18.4 Å². The largest absolute Gasteiger partial charge is 0.481 e. The molecule has 1 rings (SSSR count). The number of rotatable bonds is 6. The standard InChI is InChI=1S/C14H20N2O3S/c1-9(2)12(8-13(17)18)16-14(19)15-10-4-6-11(20-3)7-5-10/h4-7,9,12H,8H2,1-3H3,(H,17,18)(H2,15,16,19). The van der Waals surface area contributed by atoms with Gasteiger partial charge in [-0.25, -0.2) is 4.79 Å². The van der Waals surface area contributed by atoms with E-state index in [4.69, 9.17) is 5.11 Å². The fourth-order valence-electron chi connectivity index (χ4n) is 1.65. The Balaban J connectivity index is 2.58. The van der Waals surface area contributed by atoms with Gasteiger partial charge in [0.2, 0.25) is 0 Å². The second-order valence-electron chi connectivity index (χ2n) is 4.78. The number of carboxylic acids is 1. The molecule has 0 spiro atoms. The average Bonchev–Trinajstić information content (AvgIpc) is 2.38. The molecule has 0 aliphatic heterocycles. The van der Waals surface area contributed by atoms with Gasteiger partial charge >= 0.3 is 12.0 Å². The predicted molar refractivity (Wildman–Crippen MR) is 81.3 cm³/mol. The second kappa shape index (κ2) is 7.79. The molecule has 0 saturated carbocycles. The third-order valence-electron chi connectivity index (χ3n) is 2.86. The fourth-order valence-corrected chi connectivity index (χ4v) is 2.06. The summed E-state index contributed by atoms with van der Waals surface area (Å²) in [6, 6.07) is 6.68. The topological polar surface area (TPSA) is 78.4 Å². The highest BCUT2D eigenvalue weighted by Gasteiger charge is 2.19. The van der Waals surface area contributed by atoms with Gasteiger partial charge in [0.1, 0.15) is 0 Å². The summed E-state index contributed by atoms with van der Waals surface area (Å²) in [5.41, 5.74) is 0.679. The molecule has 6 heteroatoms. The minimum absolute atomic E-state index is 0.0516. The van der Waals surface area contributed by atoms with Crippen molar-refractivity contribution in [3.63, 3.8) is 0 Å². The van der Waals surface area contributed by atoms with Crippen molar-refractivity contribution in [3.05, 3.63) is 24.3 Å². The zero-order valence-corrected chi connectivity index (χ0v) is 12.7. The predicted octanol–water partition coefficient (Wildman–Crippen LogP) is 3.03. The molecule has 1 unspecified atom stereocenters. The molecular weight excluding hydrogens is 276 g/mol. The van der Waals surface area contributed by atoms with Gasteiger partial charge < -0.3 is 15.7 Å². The number of aliphatic carboxylic acids is 1. The van der Waals surface area contributed by atoms with Crippen LogP contribution in [0.5, 0.6) is 0 Å². The van der Waals surface area contributed by atoms with Gasteiger partial charge in [0.05, 0.1) is 6.42 Å². The molecule has 0 bridgehead atoms. The number of hydrogen-bond acceptors (Lipinski definition) is 3. The van der Waals surface area contributed by atoms with E-state index < -0.39 is 12.0 Å². The van der Waals surface area contributed by atoms with Crippen LogP contribution >= 0.6 is 11.8 Å². The Morgan fingerprint density at radius 3 is 2.30 bits per heavy atom. The number of thioether (sulfide) groups is 1. The molecule has 5 nitrogen and oxygen atoms in total. The van der Waals surface area contributed by atoms with Gasteiger partial charge in [-0.3, -0.25) is 4.79 Å². The minimum atomic E-state index is -0.923. The Bertz CT molecular complexity index is 460. The van der Waals surface area contributed by atoms with Crippen LogP contribution in [0.15, 0.2) is 29.2 Å². The van der Waals surface area contributed by atoms with Crippen LogP contribution in [0.3, 0.4) is 0 Å². The number of carbonyl (C=O) groups is 2. The lowest BCUT2D eigenvalue weighted by molar-refractivity contribution is -0.137. The molecule has 20 heavy (non-hydrogen) atoms. The Labute approximate surface area is 123 Å². The molecule has 0 aliphatic rings. The van der Waals surface area contributed by atoms with Crippen molar-refractivity contribution in [2.75, 3.05) is 11.6 Å². The summed E-state index contributed by atoms with van der Waals surface area (Å²) in [5, 5.41) is 14.2. The van der Waals surface area contributed by atoms with Crippen molar-refractivity contribution in [1.29, 1.82) is 0 Å². The van der Waals surface area contributed by atoms with Crippen LogP contribution < -0.4 is 10.6 Å². The third-order valence-corrected chi connectivity index (χ3v) is 3.61. The summed E-state index contributed by atoms with van der Waals surface area (Å²) in [6.07, 6.45) is 1.89. The Morgan fingerprint density at radius 1 is 1.25 bits per heavy atom. The molecule has 0 aromatic heterocycles. The maximum Gasteiger partial charge on any atom is 0.319 e. The number of hydrogen-bond donors (Lipinski definition) is 3. The summed E-state index contributed by atoms with van der Waals surface area (Å²) in [6.45, 7) is 3.75. The number of amides is 2. The lowest BCUT2D eigenvalue weighted by Gasteiger charge is -2.20. The molecule has 0 aliphatic carbocycles. The molecule has 0 heterocycles. The molecule has 1 atom stereocenters. The SMILES string of the molecule is CSc1ccc(NC(=O)NC(CC(=O)O)C(C)C)cc1. The Morgan fingerprint density at radius 2 is 1.85 bits per heavy atom. The van der Waals surface area contributed by atoms with Gasteiger partial charge in [-0.05, 0) is 36.4 Å². The normalized spacial score (nSPS) is 12.0. The third kappa shape index (κ3) is 5.52. The van der Waals surface area contributed by atoms with E-state index in [1.165, 1.54) is 0 Å². The molecular formula is C14H20N2O3S. The van der Waals surface area contributed by atoms with Gasteiger partial charge in [0.25, 0.3) is 0 Å². The smallest absolute Gasteiger partial charge is 0.319 e. The van der Waals surface area contributed by atoms with Gasteiger partial charge in [0, 0.05) is 16.6 Å². The quantitative estimate of drug-likeness (QED) is 0.705. The van der Waals surface area contributed by atoms with E-state index in [2.05, 4.69) is 10.6 Å². The number of anilines is 1. The molecule has 1 aromatic carbocycles. The van der Waals surface area contributed by atoms with Crippen LogP contribution in [0, 0.1) is 5.92 Å². The number of urea groups is 1. The first-order valence-electron chi connectivity index (χ1n) is 6.35. The van der Waals surface area contributed by atoms with Crippen molar-refractivity contribution in [2.24, 2.45) is 5.92 Å². The zero-order chi connectivity index (χ0) is 15.1. The van der Waals surface area contributed by atoms with Crippen molar-refractivity contribution in [1.82, 2.24) is 5.32 Å². The van der Waals surface area contributed by atoms with Gasteiger partial charge in [-0.1, -0.05) is 13.8 Å². The van der Waals surface area contributed by atoms with Gasteiger partial charge in [0.15, 0.2) is 0 Å². The number of nitrogens with one attached hydrogen (secondary N) is 2. The Kier molecular flexibility index (Phi) is 6.38. The van der Waals surface area contributed by atoms with E-state index in [0.717, 1.165) is 4.90 Å². The first-order valence-corrected chi connectivity index (χ1v) is 7.58. The highest BCUT2D eigenvalue weighted by atomic mass is 32.2. The van der Waals surface area contributed by atoms with E-state index in [1.807, 2.05) is 44.4 Å². The van der Waals surface area contributed by atoms with Crippen LogP contribution in [0.25, 0.3) is 0 Å². The summed E-state index contributed by atoms with van der Waals surface area (Å²) < 4.78 is 0. The molecule has 0 radical (unpaired) electrons. The van der Waals surface area contributed by atoms with Crippen LogP contribution in [-0.2, 0) is 4.79 Å². The number of carbonyl (C=O) groups excluding carboxylic acids is 1. The molecule has 0 fully saturated rings. The number of carboxylic acid groups (broad SMARTS) is 1. The van der Waals surface area contributed by atoms with Crippen LogP contribution in [-0.4, -0.2) is 29.4 Å². The zero-order valence-electron chi connectivity index (χ0n) is 11.8. The highest BCUT2D eigenvalue weighted by molar-refractivity contribution is 7.98. The minimum Gasteiger partial charge on any atom is -0.481 e. The van der Waals surface area contributed by atoms with Crippen LogP contribution in [0.1, 0.15) is 20.3 Å². The van der Waals surface area contributed by atoms with E-state index in [0.29, 0.717) is 5.69 Å². The van der Waals surface area contributed by atoms with Crippen LogP contribution in [0.4, 0.5) is 10.5 Å². The van der Waals surface area contributed by atoms with E-state index >= 15 is 0 Å². The molecule has 1 aromatic rings. The highest BCUT2D eigenvalue weighted by Crippen LogP contribution is 2.17. The summed E-state index contributed by atoms with van der Waals surface area (Å²) in [7, 11) is 0. The van der Waals surface area contributed by atoms with E-state index in [1.54, 1.807) is 11.8 Å². The first-order chi connectivity index (χ1) is 9.42. The van der Waals surface area contributed by atoms with Gasteiger partial charge in [-0.15, -0.1) is 11.8 Å². The molecule has 110 valence electrons. The summed E-state index contributed by atoms with van der Waals surface area (Å²) >= 11 is 1.62. The van der Waals surface area contributed by atoms with Crippen molar-refractivity contribution < 1.29 is 14.7 Å². The van der Waals surface area contributed by atoms with Crippen molar-refractivity contribution >= 4 is 29.4 Å². The first kappa shape index (κ1) is 16.4. The fraction of sp³-hybridized carbons (Fsp3) is 0.429. The Hall–Kier alpha value is -1.69. The molecule has 3 N–H and O–H groups in total. The lowest BCUT2D eigenvalue weighted by Crippen LogP contribution is -2.42. The molecule has 2 amide bonds. The summed E-state index contributed by atoms with van der Waals surface area (Å²) in [5.74, 6) is -0.871. The molecule has 0 saturated heterocycles. The summed E-state index contributed by atoms with van der Waals surface area (Å²) in [4.78, 5) is 23.7. The van der Waals surface area contributed by atoms with Crippen molar-refractivity contribution in [3.8, 4) is 0 Å². The van der Waals surface area contributed by atoms with Crippen molar-refractivity contribution in [2.45, 2.75) is 31.2 Å². The van der Waals surface area contributed by atoms with E-state index in [9.17, 15) is 9.59 Å². The second-order valence-corrected chi connectivity index (χ2v) is 5.65. The van der Waals surface area contributed by atoms with Crippen LogP contribution in [0.2, 0.25) is 0 Å². The van der Waals surface area contributed by atoms with Gasteiger partial charge in [-0.2, -0.15) is 0 Å². The maximum absolute atomic E-state index is 11.8. The lowest BCUT2D eigenvalue weighted by atomic mass is 10.0. The number of benzene rings is 1. The maximum atomic E-state index is 11.8.